The predicted molar refractivity (Wildman–Crippen MR) is 112 cm³/mol. The largest absolute Gasteiger partial charge is 0.416 e. The van der Waals surface area contributed by atoms with E-state index < -0.39 is 10.0 Å². The topological polar surface area (TPSA) is 105 Å². The lowest BCUT2D eigenvalue weighted by atomic mass is 10.1. The number of nitrogens with one attached hydrogen (secondary N) is 1. The van der Waals surface area contributed by atoms with Gasteiger partial charge in [-0.3, -0.25) is 4.79 Å². The summed E-state index contributed by atoms with van der Waals surface area (Å²) in [6, 6.07) is 14.6. The van der Waals surface area contributed by atoms with Gasteiger partial charge in [-0.05, 0) is 49.7 Å². The first kappa shape index (κ1) is 20.2. The molecule has 8 nitrogen and oxygen atoms in total. The van der Waals surface area contributed by atoms with Crippen LogP contribution >= 0.6 is 0 Å². The summed E-state index contributed by atoms with van der Waals surface area (Å²) in [5, 5.41) is 10.9. The molecule has 1 amide bonds. The van der Waals surface area contributed by atoms with Crippen molar-refractivity contribution in [3.05, 3.63) is 59.7 Å². The van der Waals surface area contributed by atoms with E-state index >= 15 is 0 Å². The maximum atomic E-state index is 12.3. The Hall–Kier alpha value is -3.04. The SMILES string of the molecule is Cc1ccc(-c2nnc(-c3ccc(C(=O)NCCN4CCCS4(=O)=O)cc3)o2)cc1. The Morgan fingerprint density at radius 1 is 1.03 bits per heavy atom. The number of benzene rings is 2. The van der Waals surface area contributed by atoms with E-state index in [1.165, 1.54) is 4.31 Å². The Kier molecular flexibility index (Phi) is 5.65. The number of nitrogens with zero attached hydrogens (tertiary/aromatic N) is 3. The monoisotopic (exact) mass is 426 g/mol. The van der Waals surface area contributed by atoms with Gasteiger partial charge in [0.15, 0.2) is 0 Å². The molecule has 3 aromatic rings. The van der Waals surface area contributed by atoms with Crippen molar-refractivity contribution in [2.75, 3.05) is 25.4 Å². The Morgan fingerprint density at radius 2 is 1.63 bits per heavy atom. The highest BCUT2D eigenvalue weighted by Gasteiger charge is 2.27. The van der Waals surface area contributed by atoms with Crippen LogP contribution in [0.15, 0.2) is 52.9 Å². The number of carbonyl (C=O) groups excluding carboxylic acids is 1. The zero-order chi connectivity index (χ0) is 21.1. The first-order valence-electron chi connectivity index (χ1n) is 9.69. The van der Waals surface area contributed by atoms with Gasteiger partial charge in [0.2, 0.25) is 21.8 Å². The summed E-state index contributed by atoms with van der Waals surface area (Å²) >= 11 is 0. The van der Waals surface area contributed by atoms with Crippen molar-refractivity contribution in [2.45, 2.75) is 13.3 Å². The standard InChI is InChI=1S/C21H22N4O4S/c1-15-3-5-17(6-4-15)20-23-24-21(29-20)18-9-7-16(8-10-18)19(26)22-11-13-25-12-2-14-30(25,27)28/h3-10H,2,11-14H2,1H3,(H,22,26). The van der Waals surface area contributed by atoms with Crippen molar-refractivity contribution >= 4 is 15.9 Å². The lowest BCUT2D eigenvalue weighted by Crippen LogP contribution is -2.35. The molecule has 2 heterocycles. The van der Waals surface area contributed by atoms with E-state index in [2.05, 4.69) is 15.5 Å². The number of sulfonamides is 1. The number of hydrogen-bond donors (Lipinski definition) is 1. The first-order chi connectivity index (χ1) is 14.4. The molecule has 30 heavy (non-hydrogen) atoms. The van der Waals surface area contributed by atoms with E-state index in [1.807, 2.05) is 31.2 Å². The Balaban J connectivity index is 1.37. The van der Waals surface area contributed by atoms with Crippen LogP contribution in [0.3, 0.4) is 0 Å². The van der Waals surface area contributed by atoms with Gasteiger partial charge in [-0.25, -0.2) is 12.7 Å². The molecule has 2 aromatic carbocycles. The van der Waals surface area contributed by atoms with Gasteiger partial charge in [0.25, 0.3) is 5.91 Å². The zero-order valence-corrected chi connectivity index (χ0v) is 17.4. The maximum absolute atomic E-state index is 12.3. The maximum Gasteiger partial charge on any atom is 0.251 e. The van der Waals surface area contributed by atoms with Gasteiger partial charge in [0.1, 0.15) is 0 Å². The Morgan fingerprint density at radius 3 is 2.20 bits per heavy atom. The third kappa shape index (κ3) is 4.42. The molecule has 1 fully saturated rings. The molecular weight excluding hydrogens is 404 g/mol. The summed E-state index contributed by atoms with van der Waals surface area (Å²) in [4.78, 5) is 12.3. The smallest absolute Gasteiger partial charge is 0.251 e. The third-order valence-electron chi connectivity index (χ3n) is 4.97. The van der Waals surface area contributed by atoms with Crippen LogP contribution in [-0.4, -0.2) is 54.2 Å². The van der Waals surface area contributed by atoms with E-state index in [4.69, 9.17) is 4.42 Å². The second-order valence-corrected chi connectivity index (χ2v) is 9.27. The number of aromatic nitrogens is 2. The fourth-order valence-corrected chi connectivity index (χ4v) is 4.78. The van der Waals surface area contributed by atoms with E-state index in [0.717, 1.165) is 11.1 Å². The molecular formula is C21H22N4O4S. The van der Waals surface area contributed by atoms with Gasteiger partial charge in [-0.15, -0.1) is 10.2 Å². The van der Waals surface area contributed by atoms with Crippen LogP contribution in [0.1, 0.15) is 22.3 Å². The molecule has 0 unspecified atom stereocenters. The van der Waals surface area contributed by atoms with Crippen molar-refractivity contribution in [1.82, 2.24) is 19.8 Å². The quantitative estimate of drug-likeness (QED) is 0.649. The average molecular weight is 426 g/mol. The minimum Gasteiger partial charge on any atom is -0.416 e. The van der Waals surface area contributed by atoms with Crippen LogP contribution < -0.4 is 5.32 Å². The van der Waals surface area contributed by atoms with E-state index in [-0.39, 0.29) is 24.7 Å². The van der Waals surface area contributed by atoms with Crippen molar-refractivity contribution in [1.29, 1.82) is 0 Å². The number of aryl methyl sites for hydroxylation is 1. The lowest BCUT2D eigenvalue weighted by molar-refractivity contribution is 0.0952. The van der Waals surface area contributed by atoms with Crippen LogP contribution in [-0.2, 0) is 10.0 Å². The highest BCUT2D eigenvalue weighted by molar-refractivity contribution is 7.89. The average Bonchev–Trinajstić information content (AvgIpc) is 3.35. The molecule has 1 N–H and O–H groups in total. The number of amides is 1. The fraction of sp³-hybridized carbons (Fsp3) is 0.286. The summed E-state index contributed by atoms with van der Waals surface area (Å²) in [6.07, 6.45) is 0.638. The Labute approximate surface area is 175 Å². The number of rotatable bonds is 6. The highest BCUT2D eigenvalue weighted by atomic mass is 32.2. The normalized spacial score (nSPS) is 15.9. The Bertz CT molecular complexity index is 1140. The molecule has 1 aromatic heterocycles. The van der Waals surface area contributed by atoms with E-state index in [9.17, 15) is 13.2 Å². The van der Waals surface area contributed by atoms with Crippen molar-refractivity contribution in [2.24, 2.45) is 0 Å². The van der Waals surface area contributed by atoms with Gasteiger partial charge in [-0.1, -0.05) is 17.7 Å². The van der Waals surface area contributed by atoms with Crippen LogP contribution in [0.2, 0.25) is 0 Å². The van der Waals surface area contributed by atoms with Gasteiger partial charge in [0, 0.05) is 36.3 Å². The number of carbonyl (C=O) groups is 1. The summed E-state index contributed by atoms with van der Waals surface area (Å²) in [5.41, 5.74) is 3.17. The molecule has 1 aliphatic heterocycles. The molecule has 0 aliphatic carbocycles. The predicted octanol–water partition coefficient (Wildman–Crippen LogP) is 2.48. The lowest BCUT2D eigenvalue weighted by Gasteiger charge is -2.14. The molecule has 0 radical (unpaired) electrons. The van der Waals surface area contributed by atoms with E-state index in [0.29, 0.717) is 35.9 Å². The second-order valence-electron chi connectivity index (χ2n) is 7.18. The molecule has 1 saturated heterocycles. The minimum absolute atomic E-state index is 0.184. The van der Waals surface area contributed by atoms with Crippen molar-refractivity contribution in [3.8, 4) is 22.9 Å². The summed E-state index contributed by atoms with van der Waals surface area (Å²) in [7, 11) is -3.15. The van der Waals surface area contributed by atoms with Crippen LogP contribution in [0, 0.1) is 6.92 Å². The van der Waals surface area contributed by atoms with Gasteiger partial charge in [0.05, 0.1) is 5.75 Å². The van der Waals surface area contributed by atoms with E-state index in [1.54, 1.807) is 24.3 Å². The van der Waals surface area contributed by atoms with Gasteiger partial charge >= 0.3 is 0 Å². The molecule has 9 heteroatoms. The zero-order valence-electron chi connectivity index (χ0n) is 16.5. The third-order valence-corrected chi connectivity index (χ3v) is 6.92. The minimum atomic E-state index is -3.15. The summed E-state index contributed by atoms with van der Waals surface area (Å²) in [5.74, 6) is 0.730. The highest BCUT2D eigenvalue weighted by Crippen LogP contribution is 2.24. The fourth-order valence-electron chi connectivity index (χ4n) is 3.26. The molecule has 0 saturated carbocycles. The molecule has 1 aliphatic rings. The molecule has 0 bridgehead atoms. The number of hydrogen-bond acceptors (Lipinski definition) is 6. The second kappa shape index (κ2) is 8.37. The van der Waals surface area contributed by atoms with Gasteiger partial charge in [-0.2, -0.15) is 0 Å². The van der Waals surface area contributed by atoms with Gasteiger partial charge < -0.3 is 9.73 Å². The van der Waals surface area contributed by atoms with Crippen LogP contribution in [0.4, 0.5) is 0 Å². The van der Waals surface area contributed by atoms with Crippen molar-refractivity contribution in [3.63, 3.8) is 0 Å². The molecule has 4 rings (SSSR count). The summed E-state index contributed by atoms with van der Waals surface area (Å²) in [6.45, 7) is 3.08. The van der Waals surface area contributed by atoms with Crippen LogP contribution in [0.25, 0.3) is 22.9 Å². The van der Waals surface area contributed by atoms with Crippen LogP contribution in [0.5, 0.6) is 0 Å². The first-order valence-corrected chi connectivity index (χ1v) is 11.3. The molecule has 156 valence electrons. The van der Waals surface area contributed by atoms with Crippen molar-refractivity contribution < 1.29 is 17.6 Å². The summed E-state index contributed by atoms with van der Waals surface area (Å²) < 4.78 is 30.7. The molecule has 0 spiro atoms. The molecule has 0 atom stereocenters.